The van der Waals surface area contributed by atoms with Gasteiger partial charge in [-0.05, 0) is 37.4 Å². The van der Waals surface area contributed by atoms with E-state index in [0.717, 1.165) is 63.9 Å². The molecule has 140 valence electrons. The third kappa shape index (κ3) is 3.02. The van der Waals surface area contributed by atoms with Gasteiger partial charge < -0.3 is 14.9 Å². The van der Waals surface area contributed by atoms with Crippen molar-refractivity contribution in [2.75, 3.05) is 25.1 Å². The molecular weight excluding hydrogens is 358 g/mol. The molecule has 27 heavy (non-hydrogen) atoms. The molecule has 2 heterocycles. The molecule has 0 saturated carbocycles. The Hall–Kier alpha value is -2.34. The summed E-state index contributed by atoms with van der Waals surface area (Å²) in [5.41, 5.74) is 5.91. The standard InChI is InChI=1S/C21H24ClN5/c1-3-26(4-2)11-12-27-18-10-9-14(22)13-16(18)19-15-7-5-6-8-17(15)24-21(25-23)20(19)27/h5-10,13H,3-4,11-12,23H2,1-2H3,(H,24,25). The van der Waals surface area contributed by atoms with Crippen LogP contribution in [-0.4, -0.2) is 34.1 Å². The molecule has 3 N–H and O–H groups in total. The Bertz CT molecular complexity index is 1110. The van der Waals surface area contributed by atoms with E-state index in [4.69, 9.17) is 22.4 Å². The summed E-state index contributed by atoms with van der Waals surface area (Å²) in [6.07, 6.45) is 0. The number of nitrogens with two attached hydrogens (primary N) is 1. The van der Waals surface area contributed by atoms with Crippen LogP contribution < -0.4 is 11.3 Å². The van der Waals surface area contributed by atoms with Crippen molar-refractivity contribution in [1.29, 1.82) is 0 Å². The van der Waals surface area contributed by atoms with E-state index in [0.29, 0.717) is 5.82 Å². The van der Waals surface area contributed by atoms with Gasteiger partial charge in [0.05, 0.1) is 11.0 Å². The number of pyridine rings is 1. The second-order valence-corrected chi connectivity index (χ2v) is 7.12. The number of likely N-dealkylation sites (N-methyl/N-ethyl adjacent to an activating group) is 1. The lowest BCUT2D eigenvalue weighted by Crippen LogP contribution is -2.27. The average molecular weight is 382 g/mol. The number of aromatic nitrogens is 2. The van der Waals surface area contributed by atoms with Gasteiger partial charge in [0.25, 0.3) is 0 Å². The number of fused-ring (bicyclic) bond motifs is 5. The van der Waals surface area contributed by atoms with E-state index in [1.165, 1.54) is 0 Å². The van der Waals surface area contributed by atoms with Crippen molar-refractivity contribution in [1.82, 2.24) is 14.5 Å². The minimum atomic E-state index is 0.690. The first-order chi connectivity index (χ1) is 13.2. The zero-order valence-corrected chi connectivity index (χ0v) is 16.4. The van der Waals surface area contributed by atoms with Crippen LogP contribution in [0.15, 0.2) is 42.5 Å². The van der Waals surface area contributed by atoms with Crippen LogP contribution in [0.25, 0.3) is 32.7 Å². The first-order valence-electron chi connectivity index (χ1n) is 9.37. The van der Waals surface area contributed by atoms with Crippen molar-refractivity contribution >= 4 is 50.1 Å². The second kappa shape index (κ2) is 7.35. The number of nitrogen functional groups attached to an aromatic ring is 1. The Morgan fingerprint density at radius 1 is 1.11 bits per heavy atom. The van der Waals surface area contributed by atoms with Gasteiger partial charge in [0.15, 0.2) is 5.82 Å². The molecule has 0 bridgehead atoms. The minimum Gasteiger partial charge on any atom is -0.336 e. The number of benzene rings is 2. The third-order valence-corrected chi connectivity index (χ3v) is 5.56. The first-order valence-corrected chi connectivity index (χ1v) is 9.74. The highest BCUT2D eigenvalue weighted by Gasteiger charge is 2.18. The number of halogens is 1. The summed E-state index contributed by atoms with van der Waals surface area (Å²) in [7, 11) is 0. The molecule has 0 aliphatic rings. The van der Waals surface area contributed by atoms with Crippen LogP contribution in [0, 0.1) is 0 Å². The number of hydrazine groups is 1. The molecule has 0 unspecified atom stereocenters. The zero-order valence-electron chi connectivity index (χ0n) is 15.7. The van der Waals surface area contributed by atoms with E-state index < -0.39 is 0 Å². The van der Waals surface area contributed by atoms with Crippen molar-refractivity contribution < 1.29 is 0 Å². The number of anilines is 1. The van der Waals surface area contributed by atoms with Gasteiger partial charge in [-0.3, -0.25) is 0 Å². The molecular formula is C21H24ClN5. The van der Waals surface area contributed by atoms with Gasteiger partial charge >= 0.3 is 0 Å². The average Bonchev–Trinajstić information content (AvgIpc) is 3.02. The maximum absolute atomic E-state index is 6.35. The van der Waals surface area contributed by atoms with Gasteiger partial charge in [-0.15, -0.1) is 0 Å². The predicted molar refractivity (Wildman–Crippen MR) is 115 cm³/mol. The Kier molecular flexibility index (Phi) is 4.91. The van der Waals surface area contributed by atoms with Crippen molar-refractivity contribution in [3.63, 3.8) is 0 Å². The maximum atomic E-state index is 6.35. The lowest BCUT2D eigenvalue weighted by atomic mass is 10.1. The summed E-state index contributed by atoms with van der Waals surface area (Å²) in [5, 5.41) is 4.12. The fraction of sp³-hybridized carbons (Fsp3) is 0.286. The summed E-state index contributed by atoms with van der Waals surface area (Å²) in [5.74, 6) is 6.56. The summed E-state index contributed by atoms with van der Waals surface area (Å²) in [6, 6.07) is 14.2. The van der Waals surface area contributed by atoms with Gasteiger partial charge in [-0.25, -0.2) is 10.8 Å². The summed E-state index contributed by atoms with van der Waals surface area (Å²) in [4.78, 5) is 7.18. The Morgan fingerprint density at radius 2 is 1.89 bits per heavy atom. The molecule has 0 atom stereocenters. The van der Waals surface area contributed by atoms with Crippen LogP contribution in [0.4, 0.5) is 5.82 Å². The van der Waals surface area contributed by atoms with Gasteiger partial charge in [-0.2, -0.15) is 0 Å². The molecule has 2 aromatic heterocycles. The number of nitrogens with zero attached hydrogens (tertiary/aromatic N) is 3. The Balaban J connectivity index is 2.07. The van der Waals surface area contributed by atoms with E-state index in [1.807, 2.05) is 30.3 Å². The topological polar surface area (TPSA) is 59.1 Å². The lowest BCUT2D eigenvalue weighted by molar-refractivity contribution is 0.293. The normalized spacial score (nSPS) is 11.9. The van der Waals surface area contributed by atoms with E-state index in [2.05, 4.69) is 40.9 Å². The fourth-order valence-corrected chi connectivity index (χ4v) is 4.09. The van der Waals surface area contributed by atoms with E-state index >= 15 is 0 Å². The third-order valence-electron chi connectivity index (χ3n) is 5.33. The molecule has 0 saturated heterocycles. The van der Waals surface area contributed by atoms with Gasteiger partial charge in [0.1, 0.15) is 0 Å². The van der Waals surface area contributed by atoms with E-state index in [-0.39, 0.29) is 0 Å². The van der Waals surface area contributed by atoms with Crippen LogP contribution >= 0.6 is 11.6 Å². The van der Waals surface area contributed by atoms with Crippen molar-refractivity contribution in [3.8, 4) is 0 Å². The number of hydrogen-bond acceptors (Lipinski definition) is 4. The highest BCUT2D eigenvalue weighted by atomic mass is 35.5. The van der Waals surface area contributed by atoms with Crippen LogP contribution in [0.3, 0.4) is 0 Å². The molecule has 6 heteroatoms. The molecule has 0 spiro atoms. The summed E-state index contributed by atoms with van der Waals surface area (Å²) < 4.78 is 2.31. The van der Waals surface area contributed by atoms with Crippen LogP contribution in [0.5, 0.6) is 0 Å². The Morgan fingerprint density at radius 3 is 2.63 bits per heavy atom. The molecule has 0 aliphatic carbocycles. The lowest BCUT2D eigenvalue weighted by Gasteiger charge is -2.19. The number of para-hydroxylation sites is 1. The highest BCUT2D eigenvalue weighted by Crippen LogP contribution is 2.38. The molecule has 2 aromatic carbocycles. The van der Waals surface area contributed by atoms with E-state index in [1.54, 1.807) is 0 Å². The predicted octanol–water partition coefficient (Wildman–Crippen LogP) is 4.62. The van der Waals surface area contributed by atoms with Gasteiger partial charge in [-0.1, -0.05) is 43.6 Å². The minimum absolute atomic E-state index is 0.690. The highest BCUT2D eigenvalue weighted by molar-refractivity contribution is 6.32. The molecule has 4 rings (SSSR count). The van der Waals surface area contributed by atoms with Crippen molar-refractivity contribution in [2.45, 2.75) is 20.4 Å². The van der Waals surface area contributed by atoms with Crippen LogP contribution in [0.2, 0.25) is 5.02 Å². The smallest absolute Gasteiger partial charge is 0.165 e. The van der Waals surface area contributed by atoms with Crippen molar-refractivity contribution in [2.24, 2.45) is 5.84 Å². The molecule has 0 radical (unpaired) electrons. The van der Waals surface area contributed by atoms with Crippen molar-refractivity contribution in [3.05, 3.63) is 47.5 Å². The summed E-state index contributed by atoms with van der Waals surface area (Å²) in [6.45, 7) is 8.27. The SMILES string of the molecule is CCN(CC)CCn1c2ccc(Cl)cc2c2c3ccccc3nc(NN)c21. The van der Waals surface area contributed by atoms with Gasteiger partial charge in [0, 0.05) is 39.8 Å². The molecule has 0 amide bonds. The maximum Gasteiger partial charge on any atom is 0.165 e. The molecule has 5 nitrogen and oxygen atoms in total. The number of hydrogen-bond donors (Lipinski definition) is 2. The Labute approximate surface area is 163 Å². The monoisotopic (exact) mass is 381 g/mol. The molecule has 0 fully saturated rings. The van der Waals surface area contributed by atoms with Crippen LogP contribution in [-0.2, 0) is 6.54 Å². The van der Waals surface area contributed by atoms with Gasteiger partial charge in [0.2, 0.25) is 0 Å². The number of nitrogens with one attached hydrogen (secondary N) is 1. The van der Waals surface area contributed by atoms with E-state index in [9.17, 15) is 0 Å². The number of rotatable bonds is 6. The zero-order chi connectivity index (χ0) is 19.0. The first kappa shape index (κ1) is 18.0. The fourth-order valence-electron chi connectivity index (χ4n) is 3.92. The largest absolute Gasteiger partial charge is 0.336 e. The second-order valence-electron chi connectivity index (χ2n) is 6.69. The quantitative estimate of drug-likeness (QED) is 0.378. The molecule has 0 aliphatic heterocycles. The summed E-state index contributed by atoms with van der Waals surface area (Å²) >= 11 is 6.35. The van der Waals surface area contributed by atoms with Crippen LogP contribution in [0.1, 0.15) is 13.8 Å². The molecule has 4 aromatic rings.